The number of rotatable bonds is 19. The van der Waals surface area contributed by atoms with Crippen LogP contribution in [0.25, 0.3) is 0 Å². The van der Waals surface area contributed by atoms with E-state index < -0.39 is 77.4 Å². The highest BCUT2D eigenvalue weighted by molar-refractivity contribution is 5.96. The molecular formula is C39H65N5O8. The lowest BCUT2D eigenvalue weighted by Gasteiger charge is -2.34. The number of hydrogen-bond acceptors (Lipinski definition) is 8. The van der Waals surface area contributed by atoms with Crippen molar-refractivity contribution in [1.29, 1.82) is 0 Å². The van der Waals surface area contributed by atoms with Crippen molar-refractivity contribution < 1.29 is 38.2 Å². The Labute approximate surface area is 311 Å². The first-order chi connectivity index (χ1) is 24.1. The Kier molecular flexibility index (Phi) is 18.9. The molecule has 5 atom stereocenters. The zero-order valence-corrected chi connectivity index (χ0v) is 33.6. The molecule has 1 aromatic carbocycles. The van der Waals surface area contributed by atoms with Crippen molar-refractivity contribution in [2.45, 2.75) is 138 Å². The van der Waals surface area contributed by atoms with Crippen molar-refractivity contribution in [3.05, 3.63) is 35.9 Å². The van der Waals surface area contributed by atoms with E-state index in [-0.39, 0.29) is 37.0 Å². The van der Waals surface area contributed by atoms with Gasteiger partial charge in [0.1, 0.15) is 35.8 Å². The van der Waals surface area contributed by atoms with Crippen molar-refractivity contribution in [3.63, 3.8) is 0 Å². The van der Waals surface area contributed by atoms with Crippen LogP contribution in [0.1, 0.15) is 101 Å². The molecule has 13 heteroatoms. The molecule has 0 fully saturated rings. The Morgan fingerprint density at radius 1 is 0.673 bits per heavy atom. The average Bonchev–Trinajstić information content (AvgIpc) is 3.02. The molecule has 13 nitrogen and oxygen atoms in total. The van der Waals surface area contributed by atoms with Crippen LogP contribution in [0.3, 0.4) is 0 Å². The van der Waals surface area contributed by atoms with E-state index >= 15 is 0 Å². The quantitative estimate of drug-likeness (QED) is 0.152. The van der Waals surface area contributed by atoms with Gasteiger partial charge >= 0.3 is 12.1 Å². The SMILES string of the molecule is COC(=O)[C@H](Cc1ccccc1)NC(=O)[C@H](CC(C)C)NC(=O)[C@@H](NC(=O)[C@H](CC(C)C)N(C)C(=O)[C@@H](CC(C)C)NC(=O)OC(C)(C)C)C(C)C. The van der Waals surface area contributed by atoms with E-state index in [9.17, 15) is 28.8 Å². The number of benzene rings is 1. The van der Waals surface area contributed by atoms with Gasteiger partial charge in [-0.15, -0.1) is 0 Å². The maximum atomic E-state index is 14.0. The van der Waals surface area contributed by atoms with E-state index in [2.05, 4.69) is 21.3 Å². The summed E-state index contributed by atoms with van der Waals surface area (Å²) in [6, 6.07) is 4.22. The van der Waals surface area contributed by atoms with Crippen LogP contribution in [0.5, 0.6) is 0 Å². The number of esters is 1. The monoisotopic (exact) mass is 731 g/mol. The molecule has 0 aliphatic heterocycles. The van der Waals surface area contributed by atoms with Crippen molar-refractivity contribution >= 4 is 35.7 Å². The van der Waals surface area contributed by atoms with E-state index in [0.29, 0.717) is 6.42 Å². The molecule has 294 valence electrons. The molecule has 5 amide bonds. The highest BCUT2D eigenvalue weighted by Crippen LogP contribution is 2.17. The summed E-state index contributed by atoms with van der Waals surface area (Å²) in [4.78, 5) is 82.0. The fraction of sp³-hybridized carbons (Fsp3) is 0.692. The van der Waals surface area contributed by atoms with Crippen molar-refractivity contribution in [3.8, 4) is 0 Å². The minimum absolute atomic E-state index is 0.00236. The van der Waals surface area contributed by atoms with Gasteiger partial charge in [-0.2, -0.15) is 0 Å². The zero-order valence-electron chi connectivity index (χ0n) is 33.6. The summed E-state index contributed by atoms with van der Waals surface area (Å²) in [7, 11) is 2.76. The molecule has 0 spiro atoms. The molecule has 0 aliphatic rings. The summed E-state index contributed by atoms with van der Waals surface area (Å²) in [5, 5.41) is 11.1. The molecular weight excluding hydrogens is 666 g/mol. The molecule has 0 heterocycles. The normalized spacial score (nSPS) is 14.6. The van der Waals surface area contributed by atoms with Crippen LogP contribution in [-0.2, 0) is 39.9 Å². The fourth-order valence-electron chi connectivity index (χ4n) is 5.64. The van der Waals surface area contributed by atoms with Crippen LogP contribution in [0.2, 0.25) is 0 Å². The Hall–Kier alpha value is -4.16. The van der Waals surface area contributed by atoms with Gasteiger partial charge in [-0.25, -0.2) is 9.59 Å². The van der Waals surface area contributed by atoms with Gasteiger partial charge in [0.05, 0.1) is 7.11 Å². The van der Waals surface area contributed by atoms with Crippen LogP contribution in [0.15, 0.2) is 30.3 Å². The number of carbonyl (C=O) groups excluding carboxylic acids is 6. The third kappa shape index (κ3) is 16.5. The van der Waals surface area contributed by atoms with Crippen LogP contribution < -0.4 is 21.3 Å². The predicted molar refractivity (Wildman–Crippen MR) is 201 cm³/mol. The summed E-state index contributed by atoms with van der Waals surface area (Å²) >= 11 is 0. The highest BCUT2D eigenvalue weighted by atomic mass is 16.6. The maximum Gasteiger partial charge on any atom is 0.408 e. The van der Waals surface area contributed by atoms with Gasteiger partial charge in [0.25, 0.3) is 0 Å². The van der Waals surface area contributed by atoms with Gasteiger partial charge in [0, 0.05) is 13.5 Å². The van der Waals surface area contributed by atoms with Crippen molar-refractivity contribution in [2.75, 3.05) is 14.2 Å². The maximum absolute atomic E-state index is 14.0. The van der Waals surface area contributed by atoms with E-state index in [0.717, 1.165) is 5.56 Å². The molecule has 0 saturated carbocycles. The van der Waals surface area contributed by atoms with E-state index in [1.807, 2.05) is 71.9 Å². The van der Waals surface area contributed by atoms with Crippen LogP contribution in [0.4, 0.5) is 4.79 Å². The van der Waals surface area contributed by atoms with Gasteiger partial charge in [0.2, 0.25) is 23.6 Å². The first-order valence-corrected chi connectivity index (χ1v) is 18.3. The summed E-state index contributed by atoms with van der Waals surface area (Å²) in [6.45, 7) is 20.2. The minimum Gasteiger partial charge on any atom is -0.467 e. The highest BCUT2D eigenvalue weighted by Gasteiger charge is 2.37. The van der Waals surface area contributed by atoms with Crippen molar-refractivity contribution in [2.24, 2.45) is 23.7 Å². The number of ether oxygens (including phenoxy) is 2. The van der Waals surface area contributed by atoms with Crippen LogP contribution in [0, 0.1) is 23.7 Å². The van der Waals surface area contributed by atoms with Gasteiger partial charge in [-0.3, -0.25) is 19.2 Å². The van der Waals surface area contributed by atoms with Gasteiger partial charge < -0.3 is 35.6 Å². The first kappa shape index (κ1) is 45.9. The topological polar surface area (TPSA) is 172 Å². The molecule has 0 unspecified atom stereocenters. The third-order valence-corrected chi connectivity index (χ3v) is 8.18. The standard InChI is InChI=1S/C39H65N5O8/c1-23(2)19-28(33(45)41-30(37(49)51-13)22-27-17-15-14-16-18-27)40-35(47)32(26(7)8)43-34(46)31(21-25(5)6)44(12)36(48)29(20-24(3)4)42-38(50)52-39(9,10)11/h14-18,23-26,28-32H,19-22H2,1-13H3,(H,40,47)(H,41,45)(H,42,50)(H,43,46)/t28-,29+,30-,31-,32-/m0/s1. The first-order valence-electron chi connectivity index (χ1n) is 18.3. The largest absolute Gasteiger partial charge is 0.467 e. The predicted octanol–water partition coefficient (Wildman–Crippen LogP) is 4.37. The molecule has 0 radical (unpaired) electrons. The average molecular weight is 732 g/mol. The second-order valence-electron chi connectivity index (χ2n) is 16.1. The Morgan fingerprint density at radius 2 is 1.19 bits per heavy atom. The number of carbonyl (C=O) groups is 6. The lowest BCUT2D eigenvalue weighted by molar-refractivity contribution is -0.145. The molecule has 0 aromatic heterocycles. The summed E-state index contributed by atoms with van der Waals surface area (Å²) in [5.74, 6) is -3.12. The number of amides is 5. The number of methoxy groups -OCH3 is 1. The lowest BCUT2D eigenvalue weighted by Crippen LogP contribution is -2.60. The number of likely N-dealkylation sites (N-methyl/N-ethyl adjacent to an activating group) is 1. The van der Waals surface area contributed by atoms with E-state index in [4.69, 9.17) is 9.47 Å². The van der Waals surface area contributed by atoms with E-state index in [1.54, 1.807) is 34.6 Å². The number of hydrogen-bond donors (Lipinski definition) is 4. The summed E-state index contributed by atoms with van der Waals surface area (Å²) < 4.78 is 10.4. The molecule has 1 aromatic rings. The van der Waals surface area contributed by atoms with Gasteiger partial charge in [-0.05, 0) is 69.3 Å². The van der Waals surface area contributed by atoms with Gasteiger partial charge in [-0.1, -0.05) is 85.7 Å². The van der Waals surface area contributed by atoms with Gasteiger partial charge in [0.15, 0.2) is 0 Å². The number of nitrogens with one attached hydrogen (secondary N) is 4. The Bertz CT molecular complexity index is 1330. The molecule has 0 aliphatic carbocycles. The summed E-state index contributed by atoms with van der Waals surface area (Å²) in [6.07, 6.45) is 0.331. The Morgan fingerprint density at radius 3 is 1.67 bits per heavy atom. The Balaban J connectivity index is 3.29. The number of nitrogens with zero attached hydrogens (tertiary/aromatic N) is 1. The third-order valence-electron chi connectivity index (χ3n) is 8.18. The fourth-order valence-corrected chi connectivity index (χ4v) is 5.64. The molecule has 4 N–H and O–H groups in total. The number of alkyl carbamates (subject to hydrolysis) is 1. The molecule has 0 saturated heterocycles. The molecule has 52 heavy (non-hydrogen) atoms. The van der Waals surface area contributed by atoms with Crippen LogP contribution in [-0.4, -0.2) is 90.6 Å². The second kappa shape index (κ2) is 21.4. The summed E-state index contributed by atoms with van der Waals surface area (Å²) in [5.41, 5.74) is 0.0503. The molecule has 1 rings (SSSR count). The van der Waals surface area contributed by atoms with Crippen LogP contribution >= 0.6 is 0 Å². The smallest absolute Gasteiger partial charge is 0.408 e. The lowest BCUT2D eigenvalue weighted by atomic mass is 9.97. The van der Waals surface area contributed by atoms with Crippen molar-refractivity contribution in [1.82, 2.24) is 26.2 Å². The minimum atomic E-state index is -1.06. The second-order valence-corrected chi connectivity index (χ2v) is 16.1. The zero-order chi connectivity index (χ0) is 39.9. The molecule has 0 bridgehead atoms. The van der Waals surface area contributed by atoms with E-state index in [1.165, 1.54) is 19.1 Å².